The number of hydrogen-bond donors (Lipinski definition) is 5. The second kappa shape index (κ2) is 10.7. The van der Waals surface area contributed by atoms with E-state index in [0.29, 0.717) is 19.3 Å². The molecular weight excluding hydrogens is 476 g/mol. The van der Waals surface area contributed by atoms with E-state index in [9.17, 15) is 24.6 Å². The van der Waals surface area contributed by atoms with Crippen LogP contribution in [0.2, 0.25) is 0 Å². The summed E-state index contributed by atoms with van der Waals surface area (Å²) in [5.41, 5.74) is -0.330. The maximum absolute atomic E-state index is 12.5. The number of aliphatic hydroxyl groups is 2. The first kappa shape index (κ1) is 28.1. The second-order valence-electron chi connectivity index (χ2n) is 12.8. The van der Waals surface area contributed by atoms with Gasteiger partial charge < -0.3 is 30.7 Å². The molecule has 0 radical (unpaired) electrons. The van der Waals surface area contributed by atoms with E-state index in [0.717, 1.165) is 32.1 Å². The molecule has 4 fully saturated rings. The fourth-order valence-electron chi connectivity index (χ4n) is 9.29. The summed E-state index contributed by atoms with van der Waals surface area (Å²) in [5, 5.41) is 35.8. The third-order valence-corrected chi connectivity index (χ3v) is 11.2. The highest BCUT2D eigenvalue weighted by molar-refractivity contribution is 5.81. The number of amides is 2. The SMILES string of the molecule is CNC(=O)O[C@H]1C[C@H]2[C@@H]([C@H](O)C[C@@H]3C[C@H](O)CC[C@@]32C)[C@@H]2CC[C@H]([C@H](C)CCC(=O)NCC(=O)O)[C@@]12C. The molecule has 0 aliphatic heterocycles. The second-order valence-corrected chi connectivity index (χ2v) is 12.8. The average Bonchev–Trinajstić information content (AvgIpc) is 3.20. The first-order valence-corrected chi connectivity index (χ1v) is 14.1. The summed E-state index contributed by atoms with van der Waals surface area (Å²) in [6.45, 7) is 6.32. The first-order valence-electron chi connectivity index (χ1n) is 14.1. The summed E-state index contributed by atoms with van der Waals surface area (Å²) in [5.74, 6) is -0.130. The molecule has 0 aromatic rings. The van der Waals surface area contributed by atoms with Crippen molar-refractivity contribution >= 4 is 18.0 Å². The smallest absolute Gasteiger partial charge is 0.407 e. The van der Waals surface area contributed by atoms with Gasteiger partial charge in [-0.25, -0.2) is 4.79 Å². The van der Waals surface area contributed by atoms with Gasteiger partial charge in [0.1, 0.15) is 12.6 Å². The Bertz CT molecular complexity index is 883. The molecule has 9 heteroatoms. The molecule has 11 atom stereocenters. The molecule has 9 nitrogen and oxygen atoms in total. The minimum absolute atomic E-state index is 0.000684. The number of carbonyl (C=O) groups excluding carboxylic acids is 2. The highest BCUT2D eigenvalue weighted by Crippen LogP contribution is 2.69. The molecule has 0 saturated heterocycles. The number of alkyl carbamates (subject to hydrolysis) is 1. The van der Waals surface area contributed by atoms with E-state index >= 15 is 0 Å². The highest BCUT2D eigenvalue weighted by Gasteiger charge is 2.66. The van der Waals surface area contributed by atoms with Gasteiger partial charge in [0.05, 0.1) is 12.2 Å². The Hall–Kier alpha value is -1.87. The Morgan fingerprint density at radius 2 is 1.78 bits per heavy atom. The summed E-state index contributed by atoms with van der Waals surface area (Å²) >= 11 is 0. The number of nitrogens with one attached hydrogen (secondary N) is 2. The molecule has 5 N–H and O–H groups in total. The van der Waals surface area contributed by atoms with Gasteiger partial charge in [-0.05, 0) is 92.3 Å². The predicted octanol–water partition coefficient (Wildman–Crippen LogP) is 2.93. The molecule has 0 bridgehead atoms. The Morgan fingerprint density at radius 1 is 1.05 bits per heavy atom. The van der Waals surface area contributed by atoms with Gasteiger partial charge in [0, 0.05) is 18.9 Å². The molecule has 210 valence electrons. The zero-order valence-corrected chi connectivity index (χ0v) is 22.7. The van der Waals surface area contributed by atoms with E-state index in [-0.39, 0.29) is 77.4 Å². The Morgan fingerprint density at radius 3 is 2.46 bits per heavy atom. The maximum Gasteiger partial charge on any atom is 0.407 e. The van der Waals surface area contributed by atoms with Gasteiger partial charge in [0.15, 0.2) is 0 Å². The lowest BCUT2D eigenvalue weighted by atomic mass is 9.43. The maximum atomic E-state index is 12.5. The van der Waals surface area contributed by atoms with E-state index in [4.69, 9.17) is 9.84 Å². The molecular formula is C28H46N2O7. The Labute approximate surface area is 220 Å². The summed E-state index contributed by atoms with van der Waals surface area (Å²) < 4.78 is 6.13. The van der Waals surface area contributed by atoms with E-state index in [2.05, 4.69) is 31.4 Å². The lowest BCUT2D eigenvalue weighted by Crippen LogP contribution is -2.63. The number of carboxylic acids is 1. The van der Waals surface area contributed by atoms with Gasteiger partial charge in [-0.1, -0.05) is 20.8 Å². The summed E-state index contributed by atoms with van der Waals surface area (Å²) in [6.07, 6.45) is 5.13. The molecule has 0 aromatic heterocycles. The van der Waals surface area contributed by atoms with Gasteiger partial charge in [-0.15, -0.1) is 0 Å². The normalized spacial score (nSPS) is 43.5. The van der Waals surface area contributed by atoms with Crippen LogP contribution in [0.3, 0.4) is 0 Å². The van der Waals surface area contributed by atoms with Crippen LogP contribution in [0, 0.1) is 46.3 Å². The Balaban J connectivity index is 1.59. The van der Waals surface area contributed by atoms with Crippen LogP contribution in [0.15, 0.2) is 0 Å². The van der Waals surface area contributed by atoms with Crippen LogP contribution in [0.25, 0.3) is 0 Å². The molecule has 4 rings (SSSR count). The lowest BCUT2D eigenvalue weighted by Gasteiger charge is -2.63. The van der Waals surface area contributed by atoms with Crippen LogP contribution in [0.1, 0.15) is 78.6 Å². The van der Waals surface area contributed by atoms with Crippen LogP contribution < -0.4 is 10.6 Å². The number of ether oxygens (including phenoxy) is 1. The van der Waals surface area contributed by atoms with E-state index in [1.165, 1.54) is 0 Å². The standard InChI is InChI=1S/C28H46N2O7/c1-15(5-8-23(33)30-14-24(34)35)18-6-7-19-25-20(13-22(28(18,19)3)37-26(36)29-4)27(2)10-9-17(31)11-16(27)12-21(25)32/h15-22,25,31-32H,5-14H2,1-4H3,(H,29,36)(H,30,33)(H,34,35)/t15-,16+,17-,18-,19+,20+,21-,22+,25+,27+,28-/m1/s1. The highest BCUT2D eigenvalue weighted by atomic mass is 16.6. The van der Waals surface area contributed by atoms with Crippen molar-refractivity contribution in [2.45, 2.75) is 96.9 Å². The van der Waals surface area contributed by atoms with E-state index < -0.39 is 18.2 Å². The molecule has 0 heterocycles. The Kier molecular flexibility index (Phi) is 8.15. The predicted molar refractivity (Wildman–Crippen MR) is 136 cm³/mol. The van der Waals surface area contributed by atoms with E-state index in [1.54, 1.807) is 7.05 Å². The van der Waals surface area contributed by atoms with Crippen LogP contribution >= 0.6 is 0 Å². The number of fused-ring (bicyclic) bond motifs is 5. The van der Waals surface area contributed by atoms with Gasteiger partial charge in [0.25, 0.3) is 0 Å². The van der Waals surface area contributed by atoms with Crippen LogP contribution in [-0.4, -0.2) is 65.2 Å². The van der Waals surface area contributed by atoms with Crippen molar-refractivity contribution in [3.05, 3.63) is 0 Å². The largest absolute Gasteiger partial charge is 0.480 e. The fourth-order valence-corrected chi connectivity index (χ4v) is 9.29. The van der Waals surface area contributed by atoms with Crippen molar-refractivity contribution in [1.82, 2.24) is 10.6 Å². The van der Waals surface area contributed by atoms with Crippen molar-refractivity contribution in [1.29, 1.82) is 0 Å². The van der Waals surface area contributed by atoms with Gasteiger partial charge >= 0.3 is 12.1 Å². The van der Waals surface area contributed by atoms with Crippen molar-refractivity contribution in [2.75, 3.05) is 13.6 Å². The minimum Gasteiger partial charge on any atom is -0.480 e. The molecule has 37 heavy (non-hydrogen) atoms. The van der Waals surface area contributed by atoms with Gasteiger partial charge in [-0.3, -0.25) is 9.59 Å². The van der Waals surface area contributed by atoms with Crippen LogP contribution in [0.4, 0.5) is 4.79 Å². The zero-order valence-electron chi connectivity index (χ0n) is 22.7. The molecule has 4 aliphatic rings. The molecule has 0 aromatic carbocycles. The third kappa shape index (κ3) is 5.10. The number of carboxylic acid groups (broad SMARTS) is 1. The zero-order chi connectivity index (χ0) is 27.1. The number of aliphatic hydroxyl groups excluding tert-OH is 2. The topological polar surface area (TPSA) is 145 Å². The van der Waals surface area contributed by atoms with Crippen LogP contribution in [-0.2, 0) is 14.3 Å². The van der Waals surface area contributed by atoms with Crippen LogP contribution in [0.5, 0.6) is 0 Å². The average molecular weight is 523 g/mol. The number of hydrogen-bond acceptors (Lipinski definition) is 6. The fraction of sp³-hybridized carbons (Fsp3) is 0.893. The number of aliphatic carboxylic acids is 1. The van der Waals surface area contributed by atoms with Gasteiger partial charge in [0.2, 0.25) is 5.91 Å². The van der Waals surface area contributed by atoms with Crippen molar-refractivity contribution in [2.24, 2.45) is 46.3 Å². The molecule has 0 unspecified atom stereocenters. The molecule has 4 aliphatic carbocycles. The minimum atomic E-state index is -1.06. The quantitative estimate of drug-likeness (QED) is 0.346. The molecule has 4 saturated carbocycles. The summed E-state index contributed by atoms with van der Waals surface area (Å²) in [7, 11) is 1.57. The van der Waals surface area contributed by atoms with Crippen molar-refractivity contribution < 1.29 is 34.4 Å². The lowest BCUT2D eigenvalue weighted by molar-refractivity contribution is -0.206. The third-order valence-electron chi connectivity index (χ3n) is 11.2. The number of carbonyl (C=O) groups is 3. The molecule has 2 amide bonds. The van der Waals surface area contributed by atoms with Crippen molar-refractivity contribution in [3.63, 3.8) is 0 Å². The van der Waals surface area contributed by atoms with Crippen molar-refractivity contribution in [3.8, 4) is 0 Å². The monoisotopic (exact) mass is 522 g/mol. The molecule has 0 spiro atoms. The van der Waals surface area contributed by atoms with Gasteiger partial charge in [-0.2, -0.15) is 0 Å². The summed E-state index contributed by atoms with van der Waals surface area (Å²) in [4.78, 5) is 35.5. The summed E-state index contributed by atoms with van der Waals surface area (Å²) in [6, 6.07) is 0. The number of rotatable bonds is 7. The van der Waals surface area contributed by atoms with E-state index in [1.807, 2.05) is 0 Å². The first-order chi connectivity index (χ1) is 17.4.